The van der Waals surface area contributed by atoms with Gasteiger partial charge in [0, 0.05) is 36.5 Å². The molecule has 0 aliphatic carbocycles. The number of piperidine rings is 1. The van der Waals surface area contributed by atoms with Gasteiger partial charge in [0.2, 0.25) is 11.8 Å². The highest BCUT2D eigenvalue weighted by Crippen LogP contribution is 2.38. The van der Waals surface area contributed by atoms with Crippen LogP contribution in [0.3, 0.4) is 0 Å². The highest BCUT2D eigenvalue weighted by molar-refractivity contribution is 7.92. The molecule has 2 amide bonds. The molecular formula is C34H40ClN3O4S. The molecule has 2 N–H and O–H groups in total. The maximum atomic E-state index is 14.1. The lowest BCUT2D eigenvalue weighted by Gasteiger charge is -2.43. The monoisotopic (exact) mass is 621 g/mol. The fourth-order valence-electron chi connectivity index (χ4n) is 6.20. The smallest absolute Gasteiger partial charge is 0.245 e. The molecule has 9 heteroatoms. The SMILES string of the molecule is CC(C)S(=O)(=O)CC1(c2ccccc2)CCN(C(=O)[C@@H](Cc2ccc(Cl)cc2)NC(=O)[C@@H]2Cc3ccccc3CN2)CC1. The number of hydrogen-bond donors (Lipinski definition) is 2. The first-order chi connectivity index (χ1) is 20.6. The molecule has 228 valence electrons. The van der Waals surface area contributed by atoms with Gasteiger partial charge in [-0.05, 0) is 67.5 Å². The molecule has 1 saturated heterocycles. The van der Waals surface area contributed by atoms with E-state index in [1.807, 2.05) is 60.7 Å². The Balaban J connectivity index is 1.34. The lowest BCUT2D eigenvalue weighted by molar-refractivity contribution is -0.138. The highest BCUT2D eigenvalue weighted by atomic mass is 35.5. The average molecular weight is 622 g/mol. The topological polar surface area (TPSA) is 95.6 Å². The zero-order valence-corrected chi connectivity index (χ0v) is 26.3. The van der Waals surface area contributed by atoms with Crippen molar-refractivity contribution in [1.29, 1.82) is 0 Å². The summed E-state index contributed by atoms with van der Waals surface area (Å²) in [7, 11) is -3.33. The largest absolute Gasteiger partial charge is 0.343 e. The quantitative estimate of drug-likeness (QED) is 0.368. The number of fused-ring (bicyclic) bond motifs is 1. The molecule has 0 aromatic heterocycles. The molecule has 0 unspecified atom stereocenters. The van der Waals surface area contributed by atoms with Crippen LogP contribution in [-0.2, 0) is 44.2 Å². The van der Waals surface area contributed by atoms with E-state index in [0.717, 1.165) is 16.7 Å². The number of halogens is 1. The predicted octanol–water partition coefficient (Wildman–Crippen LogP) is 4.47. The van der Waals surface area contributed by atoms with Crippen LogP contribution in [0.25, 0.3) is 0 Å². The lowest BCUT2D eigenvalue weighted by Crippen LogP contribution is -2.57. The maximum Gasteiger partial charge on any atom is 0.245 e. The Morgan fingerprint density at radius 3 is 2.23 bits per heavy atom. The van der Waals surface area contributed by atoms with Crippen molar-refractivity contribution >= 4 is 33.3 Å². The standard InChI is InChI=1S/C34H40ClN3O4S/c1-24(2)43(41,42)23-34(28-10-4-3-5-11-28)16-18-38(19-17-34)33(40)31(20-25-12-14-29(35)15-13-25)37-32(39)30-21-26-8-6-7-9-27(26)22-36-30/h3-15,24,30-31,36H,16-23H2,1-2H3,(H,37,39)/t30-,31+/m0/s1. The van der Waals surface area contributed by atoms with Crippen molar-refractivity contribution in [3.05, 3.63) is 106 Å². The van der Waals surface area contributed by atoms with Gasteiger partial charge in [0.05, 0.1) is 17.0 Å². The van der Waals surface area contributed by atoms with Crippen molar-refractivity contribution in [3.63, 3.8) is 0 Å². The summed E-state index contributed by atoms with van der Waals surface area (Å²) >= 11 is 6.11. The van der Waals surface area contributed by atoms with Crippen molar-refractivity contribution in [2.45, 2.75) is 68.8 Å². The van der Waals surface area contributed by atoms with Crippen LogP contribution in [0.4, 0.5) is 0 Å². The molecule has 7 nitrogen and oxygen atoms in total. The van der Waals surface area contributed by atoms with Gasteiger partial charge in [-0.25, -0.2) is 8.42 Å². The van der Waals surface area contributed by atoms with Crippen LogP contribution >= 0.6 is 11.6 Å². The second-order valence-corrected chi connectivity index (χ2v) is 15.1. The molecule has 3 aromatic rings. The summed E-state index contributed by atoms with van der Waals surface area (Å²) < 4.78 is 26.3. The van der Waals surface area contributed by atoms with Gasteiger partial charge in [-0.2, -0.15) is 0 Å². The minimum Gasteiger partial charge on any atom is -0.343 e. The normalized spacial score (nSPS) is 19.0. The van der Waals surface area contributed by atoms with Gasteiger partial charge >= 0.3 is 0 Å². The molecule has 2 aliphatic heterocycles. The summed E-state index contributed by atoms with van der Waals surface area (Å²) in [6, 6.07) is 24.0. The zero-order chi connectivity index (χ0) is 30.6. The predicted molar refractivity (Wildman–Crippen MR) is 171 cm³/mol. The number of nitrogens with zero attached hydrogens (tertiary/aromatic N) is 1. The van der Waals surface area contributed by atoms with Crippen LogP contribution in [-0.4, -0.2) is 61.3 Å². The van der Waals surface area contributed by atoms with Crippen molar-refractivity contribution in [2.24, 2.45) is 0 Å². The molecule has 0 spiro atoms. The van der Waals surface area contributed by atoms with Crippen molar-refractivity contribution < 1.29 is 18.0 Å². The molecule has 0 bridgehead atoms. The van der Waals surface area contributed by atoms with Crippen molar-refractivity contribution in [3.8, 4) is 0 Å². The molecule has 2 heterocycles. The molecule has 1 fully saturated rings. The zero-order valence-electron chi connectivity index (χ0n) is 24.8. The van der Waals surface area contributed by atoms with E-state index in [2.05, 4.69) is 16.7 Å². The highest BCUT2D eigenvalue weighted by Gasteiger charge is 2.42. The maximum absolute atomic E-state index is 14.1. The Bertz CT molecular complexity index is 1540. The van der Waals surface area contributed by atoms with Gasteiger partial charge in [-0.15, -0.1) is 0 Å². The van der Waals surface area contributed by atoms with E-state index in [0.29, 0.717) is 50.3 Å². The summed E-state index contributed by atoms with van der Waals surface area (Å²) in [5.41, 5.74) is 3.61. The number of hydrogen-bond acceptors (Lipinski definition) is 5. The molecule has 0 radical (unpaired) electrons. The number of nitrogens with one attached hydrogen (secondary N) is 2. The van der Waals surface area contributed by atoms with E-state index in [1.54, 1.807) is 30.9 Å². The number of rotatable bonds is 9. The van der Waals surface area contributed by atoms with E-state index in [-0.39, 0.29) is 17.6 Å². The third-order valence-corrected chi connectivity index (χ3v) is 11.6. The number of carbonyl (C=O) groups is 2. The lowest BCUT2D eigenvalue weighted by atomic mass is 9.74. The number of likely N-dealkylation sites (tertiary alicyclic amines) is 1. The van der Waals surface area contributed by atoms with Gasteiger partial charge in [0.25, 0.3) is 0 Å². The Labute approximate surface area is 259 Å². The summed E-state index contributed by atoms with van der Waals surface area (Å²) in [6.45, 7) is 4.84. The van der Waals surface area contributed by atoms with Gasteiger partial charge < -0.3 is 15.5 Å². The summed E-state index contributed by atoms with van der Waals surface area (Å²) in [5, 5.41) is 6.50. The van der Waals surface area contributed by atoms with E-state index in [4.69, 9.17) is 11.6 Å². The average Bonchev–Trinajstić information content (AvgIpc) is 3.01. The first-order valence-corrected chi connectivity index (χ1v) is 17.1. The number of benzene rings is 3. The molecular weight excluding hydrogens is 582 g/mol. The van der Waals surface area contributed by atoms with Crippen molar-refractivity contribution in [2.75, 3.05) is 18.8 Å². The summed E-state index contributed by atoms with van der Waals surface area (Å²) in [6.07, 6.45) is 1.93. The summed E-state index contributed by atoms with van der Waals surface area (Å²) in [4.78, 5) is 29.4. The third-order valence-electron chi connectivity index (χ3n) is 8.98. The molecule has 5 rings (SSSR count). The number of carbonyl (C=O) groups excluding carboxylic acids is 2. The van der Waals surface area contributed by atoms with Crippen molar-refractivity contribution in [1.82, 2.24) is 15.5 Å². The minimum absolute atomic E-state index is 0.0451. The Hall–Kier alpha value is -3.20. The van der Waals surface area contributed by atoms with Crippen LogP contribution in [0.5, 0.6) is 0 Å². The molecule has 43 heavy (non-hydrogen) atoms. The first-order valence-electron chi connectivity index (χ1n) is 15.0. The number of amides is 2. The third kappa shape index (κ3) is 7.31. The summed E-state index contributed by atoms with van der Waals surface area (Å²) in [5.74, 6) is -0.322. The molecule has 2 atom stereocenters. The first kappa shape index (κ1) is 31.2. The van der Waals surface area contributed by atoms with Gasteiger partial charge in [-0.3, -0.25) is 9.59 Å². The Morgan fingerprint density at radius 1 is 0.953 bits per heavy atom. The van der Waals surface area contributed by atoms with Crippen LogP contribution in [0, 0.1) is 0 Å². The van der Waals surface area contributed by atoms with E-state index < -0.39 is 32.6 Å². The minimum atomic E-state index is -3.33. The van der Waals surface area contributed by atoms with Crippen LogP contribution in [0.2, 0.25) is 5.02 Å². The van der Waals surface area contributed by atoms with Crippen LogP contribution in [0.15, 0.2) is 78.9 Å². The fourth-order valence-corrected chi connectivity index (χ4v) is 7.89. The Morgan fingerprint density at radius 2 is 1.58 bits per heavy atom. The van der Waals surface area contributed by atoms with E-state index in [9.17, 15) is 18.0 Å². The van der Waals surface area contributed by atoms with Gasteiger partial charge in [-0.1, -0.05) is 78.3 Å². The molecule has 3 aromatic carbocycles. The van der Waals surface area contributed by atoms with E-state index in [1.165, 1.54) is 5.56 Å². The second kappa shape index (κ2) is 13.2. The fraction of sp³-hybridized carbons (Fsp3) is 0.412. The second-order valence-electron chi connectivity index (χ2n) is 12.1. The van der Waals surface area contributed by atoms with E-state index >= 15 is 0 Å². The van der Waals surface area contributed by atoms with Crippen LogP contribution < -0.4 is 10.6 Å². The molecule has 0 saturated carbocycles. The van der Waals surface area contributed by atoms with Gasteiger partial charge in [0.1, 0.15) is 6.04 Å². The molecule has 2 aliphatic rings. The number of sulfone groups is 1. The Kier molecular flexibility index (Phi) is 9.59. The van der Waals surface area contributed by atoms with Gasteiger partial charge in [0.15, 0.2) is 9.84 Å². The van der Waals surface area contributed by atoms with Crippen LogP contribution in [0.1, 0.15) is 48.9 Å².